The highest BCUT2D eigenvalue weighted by molar-refractivity contribution is 5.79. The molecule has 1 aliphatic rings. The molecule has 126 valence electrons. The Morgan fingerprint density at radius 1 is 1.00 bits per heavy atom. The minimum atomic E-state index is -0.468. The Kier molecular flexibility index (Phi) is 5.65. The Balaban J connectivity index is 1.64. The quantitative estimate of drug-likeness (QED) is 0.855. The van der Waals surface area contributed by atoms with Crippen molar-refractivity contribution in [2.75, 3.05) is 6.54 Å². The number of benzene rings is 2. The molecule has 0 spiro atoms. The van der Waals surface area contributed by atoms with Gasteiger partial charge < -0.3 is 10.4 Å². The first kappa shape index (κ1) is 16.7. The average molecular weight is 323 g/mol. The number of hydrogen-bond donors (Lipinski definition) is 2. The first-order chi connectivity index (χ1) is 11.8. The second-order valence-corrected chi connectivity index (χ2v) is 6.56. The summed E-state index contributed by atoms with van der Waals surface area (Å²) in [6.45, 7) is 0.622. The topological polar surface area (TPSA) is 49.3 Å². The lowest BCUT2D eigenvalue weighted by atomic mass is 9.88. The minimum Gasteiger partial charge on any atom is -0.392 e. The summed E-state index contributed by atoms with van der Waals surface area (Å²) in [5.74, 6) is 0.0398. The molecular weight excluding hydrogens is 298 g/mol. The van der Waals surface area contributed by atoms with E-state index in [1.165, 1.54) is 11.1 Å². The van der Waals surface area contributed by atoms with Crippen molar-refractivity contribution in [1.29, 1.82) is 0 Å². The van der Waals surface area contributed by atoms with Gasteiger partial charge in [0.05, 0.1) is 12.0 Å². The van der Waals surface area contributed by atoms with E-state index in [0.717, 1.165) is 25.7 Å². The maximum atomic E-state index is 12.2. The van der Waals surface area contributed by atoms with Crippen molar-refractivity contribution in [2.24, 2.45) is 5.92 Å². The third kappa shape index (κ3) is 4.04. The molecule has 2 unspecified atom stereocenters. The van der Waals surface area contributed by atoms with Crippen molar-refractivity contribution >= 4 is 5.91 Å². The predicted octanol–water partition coefficient (Wildman–Crippen LogP) is 3.49. The molecule has 2 atom stereocenters. The van der Waals surface area contributed by atoms with Crippen LogP contribution < -0.4 is 5.32 Å². The summed E-state index contributed by atoms with van der Waals surface area (Å²) in [6.07, 6.45) is 2.87. The SMILES string of the molecule is O=C(NCCC(c1ccccc1)c1ccccc1)C1CCCC1O. The molecule has 24 heavy (non-hydrogen) atoms. The van der Waals surface area contributed by atoms with E-state index in [-0.39, 0.29) is 17.7 Å². The molecule has 2 aromatic rings. The lowest BCUT2D eigenvalue weighted by molar-refractivity contribution is -0.127. The molecule has 0 aromatic heterocycles. The maximum Gasteiger partial charge on any atom is 0.225 e. The van der Waals surface area contributed by atoms with Gasteiger partial charge in [-0.15, -0.1) is 0 Å². The Bertz CT molecular complexity index is 602. The van der Waals surface area contributed by atoms with E-state index in [0.29, 0.717) is 6.54 Å². The molecule has 3 heteroatoms. The van der Waals surface area contributed by atoms with Gasteiger partial charge in [-0.2, -0.15) is 0 Å². The molecule has 1 amide bonds. The molecule has 3 nitrogen and oxygen atoms in total. The first-order valence-corrected chi connectivity index (χ1v) is 8.81. The van der Waals surface area contributed by atoms with Gasteiger partial charge in [0.15, 0.2) is 0 Å². The molecule has 3 rings (SSSR count). The molecule has 0 saturated heterocycles. The largest absolute Gasteiger partial charge is 0.392 e. The van der Waals surface area contributed by atoms with Gasteiger partial charge in [0, 0.05) is 12.5 Å². The van der Waals surface area contributed by atoms with Crippen LogP contribution in [0, 0.1) is 5.92 Å². The van der Waals surface area contributed by atoms with Gasteiger partial charge >= 0.3 is 0 Å². The summed E-state index contributed by atoms with van der Waals surface area (Å²) in [4.78, 5) is 12.2. The van der Waals surface area contributed by atoms with Gasteiger partial charge in [0.2, 0.25) is 5.91 Å². The van der Waals surface area contributed by atoms with E-state index in [1.807, 2.05) is 12.1 Å². The second kappa shape index (κ2) is 8.11. The van der Waals surface area contributed by atoms with Gasteiger partial charge in [0.1, 0.15) is 0 Å². The average Bonchev–Trinajstić information content (AvgIpc) is 3.06. The Hall–Kier alpha value is -2.13. The summed E-state index contributed by atoms with van der Waals surface area (Å²) in [7, 11) is 0. The number of carbonyl (C=O) groups is 1. The molecule has 2 N–H and O–H groups in total. The highest BCUT2D eigenvalue weighted by Gasteiger charge is 2.31. The van der Waals surface area contributed by atoms with Crippen molar-refractivity contribution in [1.82, 2.24) is 5.32 Å². The highest BCUT2D eigenvalue weighted by Crippen LogP contribution is 2.28. The smallest absolute Gasteiger partial charge is 0.225 e. The van der Waals surface area contributed by atoms with Crippen LogP contribution >= 0.6 is 0 Å². The van der Waals surface area contributed by atoms with E-state index in [2.05, 4.69) is 53.8 Å². The van der Waals surface area contributed by atoms with E-state index in [1.54, 1.807) is 0 Å². The van der Waals surface area contributed by atoms with Crippen LogP contribution in [0.2, 0.25) is 0 Å². The fourth-order valence-corrected chi connectivity index (χ4v) is 3.61. The van der Waals surface area contributed by atoms with Crippen molar-refractivity contribution in [3.63, 3.8) is 0 Å². The molecular formula is C21H25NO2. The van der Waals surface area contributed by atoms with Crippen molar-refractivity contribution in [2.45, 2.75) is 37.7 Å². The molecule has 0 bridgehead atoms. The number of hydrogen-bond acceptors (Lipinski definition) is 2. The first-order valence-electron chi connectivity index (χ1n) is 8.81. The van der Waals surface area contributed by atoms with E-state index in [9.17, 15) is 9.90 Å². The zero-order valence-corrected chi connectivity index (χ0v) is 13.9. The summed E-state index contributed by atoms with van der Waals surface area (Å²) in [5.41, 5.74) is 2.53. The fraction of sp³-hybridized carbons (Fsp3) is 0.381. The monoisotopic (exact) mass is 323 g/mol. The molecule has 0 heterocycles. The molecule has 1 fully saturated rings. The lowest BCUT2D eigenvalue weighted by Gasteiger charge is -2.20. The zero-order valence-electron chi connectivity index (χ0n) is 13.9. The highest BCUT2D eigenvalue weighted by atomic mass is 16.3. The van der Waals surface area contributed by atoms with Gasteiger partial charge in [-0.05, 0) is 36.8 Å². The van der Waals surface area contributed by atoms with Crippen LogP contribution in [-0.4, -0.2) is 23.7 Å². The molecule has 0 aliphatic heterocycles. The zero-order chi connectivity index (χ0) is 16.8. The third-order valence-electron chi connectivity index (χ3n) is 4.95. The molecule has 1 aliphatic carbocycles. The van der Waals surface area contributed by atoms with E-state index >= 15 is 0 Å². The fourth-order valence-electron chi connectivity index (χ4n) is 3.61. The van der Waals surface area contributed by atoms with Crippen molar-refractivity contribution in [3.05, 3.63) is 71.8 Å². The number of rotatable bonds is 6. The van der Waals surface area contributed by atoms with Crippen molar-refractivity contribution in [3.8, 4) is 0 Å². The van der Waals surface area contributed by atoms with Crippen LogP contribution in [0.4, 0.5) is 0 Å². The summed E-state index contributed by atoms with van der Waals surface area (Å²) in [5, 5.41) is 12.9. The maximum absolute atomic E-state index is 12.2. The van der Waals surface area contributed by atoms with Crippen LogP contribution in [0.3, 0.4) is 0 Å². The summed E-state index contributed by atoms with van der Waals surface area (Å²) in [6, 6.07) is 20.8. The number of aliphatic hydroxyl groups excluding tert-OH is 1. The van der Waals surface area contributed by atoms with Crippen LogP contribution in [0.25, 0.3) is 0 Å². The normalized spacial score (nSPS) is 20.2. The Labute approximate surface area is 143 Å². The standard InChI is InChI=1S/C21H25NO2/c23-20-13-7-12-19(20)21(24)22-15-14-18(16-8-3-1-4-9-16)17-10-5-2-6-11-17/h1-6,8-11,18-20,23H,7,12-15H2,(H,22,24). The number of nitrogens with one attached hydrogen (secondary N) is 1. The Morgan fingerprint density at radius 3 is 2.08 bits per heavy atom. The summed E-state index contributed by atoms with van der Waals surface area (Å²) >= 11 is 0. The number of amides is 1. The molecule has 2 aromatic carbocycles. The molecule has 1 saturated carbocycles. The van der Waals surface area contributed by atoms with Crippen LogP contribution in [0.1, 0.15) is 42.7 Å². The summed E-state index contributed by atoms with van der Waals surface area (Å²) < 4.78 is 0. The van der Waals surface area contributed by atoms with Crippen LogP contribution in [0.15, 0.2) is 60.7 Å². The minimum absolute atomic E-state index is 0.000117. The van der Waals surface area contributed by atoms with E-state index < -0.39 is 6.10 Å². The number of aliphatic hydroxyl groups is 1. The van der Waals surface area contributed by atoms with Crippen LogP contribution in [-0.2, 0) is 4.79 Å². The Morgan fingerprint density at radius 2 is 1.58 bits per heavy atom. The van der Waals surface area contributed by atoms with Crippen LogP contribution in [0.5, 0.6) is 0 Å². The van der Waals surface area contributed by atoms with Gasteiger partial charge in [-0.3, -0.25) is 4.79 Å². The number of carbonyl (C=O) groups excluding carboxylic acids is 1. The predicted molar refractivity (Wildman–Crippen MR) is 95.7 cm³/mol. The molecule has 0 radical (unpaired) electrons. The lowest BCUT2D eigenvalue weighted by Crippen LogP contribution is -2.35. The third-order valence-corrected chi connectivity index (χ3v) is 4.95. The van der Waals surface area contributed by atoms with Gasteiger partial charge in [0.25, 0.3) is 0 Å². The second-order valence-electron chi connectivity index (χ2n) is 6.56. The van der Waals surface area contributed by atoms with Crippen molar-refractivity contribution < 1.29 is 9.90 Å². The van der Waals surface area contributed by atoms with Gasteiger partial charge in [-0.1, -0.05) is 60.7 Å². The van der Waals surface area contributed by atoms with E-state index in [4.69, 9.17) is 0 Å². The van der Waals surface area contributed by atoms with Gasteiger partial charge in [-0.25, -0.2) is 0 Å².